The molecule has 2 N–H and O–H groups in total. The molecule has 4 heterocycles. The Kier molecular flexibility index (Phi) is 6.83. The molecule has 0 radical (unpaired) electrons. The van der Waals surface area contributed by atoms with Crippen LogP contribution in [-0.2, 0) is 24.3 Å². The summed E-state index contributed by atoms with van der Waals surface area (Å²) in [4.78, 5) is 33.2. The minimum absolute atomic E-state index is 0.0144. The molecule has 39 heavy (non-hydrogen) atoms. The van der Waals surface area contributed by atoms with Crippen molar-refractivity contribution in [2.24, 2.45) is 11.3 Å². The van der Waals surface area contributed by atoms with Gasteiger partial charge in [-0.25, -0.2) is 4.79 Å². The number of hydrogen-bond donors (Lipinski definition) is 2. The van der Waals surface area contributed by atoms with Gasteiger partial charge in [0, 0.05) is 55.8 Å². The van der Waals surface area contributed by atoms with Crippen LogP contribution < -0.4 is 5.32 Å². The number of para-hydroxylation sites is 1. The van der Waals surface area contributed by atoms with Gasteiger partial charge >= 0.3 is 6.03 Å². The molecule has 1 saturated heterocycles. The van der Waals surface area contributed by atoms with Crippen molar-refractivity contribution in [3.63, 3.8) is 0 Å². The number of benzene rings is 2. The van der Waals surface area contributed by atoms with Crippen LogP contribution in [0.4, 0.5) is 10.5 Å². The highest BCUT2D eigenvalue weighted by molar-refractivity contribution is 5.92. The van der Waals surface area contributed by atoms with Crippen molar-refractivity contribution < 1.29 is 9.59 Å². The van der Waals surface area contributed by atoms with Gasteiger partial charge in [-0.3, -0.25) is 9.89 Å². The van der Waals surface area contributed by atoms with Crippen LogP contribution in [0.15, 0.2) is 42.6 Å². The average Bonchev–Trinajstić information content (AvgIpc) is 3.35. The summed E-state index contributed by atoms with van der Waals surface area (Å²) in [7, 11) is 0. The first-order chi connectivity index (χ1) is 18.7. The Labute approximate surface area is 230 Å². The van der Waals surface area contributed by atoms with Gasteiger partial charge in [-0.15, -0.1) is 0 Å². The molecular formula is C31H40N6O2. The summed E-state index contributed by atoms with van der Waals surface area (Å²) >= 11 is 0. The number of carbonyl (C=O) groups is 2. The maximum absolute atomic E-state index is 13.9. The SMILES string of the molecule is CC(C)(C)CN1Cc2c(ccc3[nH]ncc23)CC(CCN2CCC(N3Cc4ccccc4NC3=O)CC2)C1=O. The Morgan fingerprint density at radius 3 is 2.59 bits per heavy atom. The summed E-state index contributed by atoms with van der Waals surface area (Å²) in [5, 5.41) is 11.5. The lowest BCUT2D eigenvalue weighted by atomic mass is 9.92. The van der Waals surface area contributed by atoms with E-state index in [-0.39, 0.29) is 29.3 Å². The molecule has 2 aromatic carbocycles. The number of nitrogens with one attached hydrogen (secondary N) is 2. The highest BCUT2D eigenvalue weighted by atomic mass is 16.2. The molecule has 0 aliphatic carbocycles. The van der Waals surface area contributed by atoms with Crippen molar-refractivity contribution in [1.29, 1.82) is 0 Å². The molecule has 206 valence electrons. The second kappa shape index (κ2) is 10.3. The first kappa shape index (κ1) is 25.9. The molecular weight excluding hydrogens is 488 g/mol. The summed E-state index contributed by atoms with van der Waals surface area (Å²) in [5.74, 6) is 0.247. The van der Waals surface area contributed by atoms with Gasteiger partial charge in [0.25, 0.3) is 0 Å². The van der Waals surface area contributed by atoms with E-state index in [0.717, 1.165) is 68.5 Å². The number of fused-ring (bicyclic) bond motifs is 4. The number of urea groups is 1. The third kappa shape index (κ3) is 5.39. The first-order valence-corrected chi connectivity index (χ1v) is 14.4. The monoisotopic (exact) mass is 528 g/mol. The zero-order valence-electron chi connectivity index (χ0n) is 23.4. The van der Waals surface area contributed by atoms with E-state index in [1.54, 1.807) is 0 Å². The number of anilines is 1. The molecule has 3 aliphatic rings. The van der Waals surface area contributed by atoms with E-state index in [4.69, 9.17) is 0 Å². The van der Waals surface area contributed by atoms with Crippen LogP contribution in [0.3, 0.4) is 0 Å². The van der Waals surface area contributed by atoms with Crippen molar-refractivity contribution in [3.05, 3.63) is 59.3 Å². The lowest BCUT2D eigenvalue weighted by Gasteiger charge is -2.41. The van der Waals surface area contributed by atoms with Gasteiger partial charge in [-0.1, -0.05) is 45.0 Å². The van der Waals surface area contributed by atoms with Crippen molar-refractivity contribution in [3.8, 4) is 0 Å². The van der Waals surface area contributed by atoms with Crippen LogP contribution in [0, 0.1) is 11.3 Å². The van der Waals surface area contributed by atoms with Crippen LogP contribution in [0.5, 0.6) is 0 Å². The molecule has 3 amide bonds. The third-order valence-electron chi connectivity index (χ3n) is 8.63. The van der Waals surface area contributed by atoms with Gasteiger partial charge in [0.15, 0.2) is 0 Å². The van der Waals surface area contributed by atoms with Crippen LogP contribution in [0.25, 0.3) is 10.9 Å². The molecule has 1 unspecified atom stereocenters. The van der Waals surface area contributed by atoms with Crippen LogP contribution in [0.2, 0.25) is 0 Å². The summed E-state index contributed by atoms with van der Waals surface area (Å²) in [5.41, 5.74) is 5.68. The number of rotatable bonds is 5. The summed E-state index contributed by atoms with van der Waals surface area (Å²) in [6, 6.07) is 12.6. The number of nitrogens with zero attached hydrogens (tertiary/aromatic N) is 4. The smallest absolute Gasteiger partial charge is 0.322 e. The van der Waals surface area contributed by atoms with Gasteiger partial charge in [-0.05, 0) is 66.5 Å². The Hall–Kier alpha value is -3.39. The second-order valence-corrected chi connectivity index (χ2v) is 12.8. The predicted octanol–water partition coefficient (Wildman–Crippen LogP) is 5.01. The van der Waals surface area contributed by atoms with Crippen molar-refractivity contribution in [2.75, 3.05) is 31.5 Å². The summed E-state index contributed by atoms with van der Waals surface area (Å²) < 4.78 is 0. The fraction of sp³-hybridized carbons (Fsp3) is 0.516. The lowest BCUT2D eigenvalue weighted by molar-refractivity contribution is -0.137. The predicted molar refractivity (Wildman–Crippen MR) is 153 cm³/mol. The van der Waals surface area contributed by atoms with E-state index < -0.39 is 0 Å². The lowest BCUT2D eigenvalue weighted by Crippen LogP contribution is -2.50. The van der Waals surface area contributed by atoms with E-state index >= 15 is 0 Å². The fourth-order valence-corrected chi connectivity index (χ4v) is 6.62. The average molecular weight is 529 g/mol. The first-order valence-electron chi connectivity index (χ1n) is 14.4. The fourth-order valence-electron chi connectivity index (χ4n) is 6.62. The van der Waals surface area contributed by atoms with Crippen molar-refractivity contribution in [2.45, 2.75) is 65.6 Å². The molecule has 1 atom stereocenters. The molecule has 0 saturated carbocycles. The van der Waals surface area contributed by atoms with Crippen molar-refractivity contribution >= 4 is 28.5 Å². The molecule has 3 aromatic rings. The maximum atomic E-state index is 13.9. The molecule has 6 rings (SSSR count). The van der Waals surface area contributed by atoms with E-state index in [9.17, 15) is 9.59 Å². The molecule has 0 spiro atoms. The van der Waals surface area contributed by atoms with E-state index in [1.807, 2.05) is 29.3 Å². The topological polar surface area (TPSA) is 84.6 Å². The third-order valence-corrected chi connectivity index (χ3v) is 8.63. The quantitative estimate of drug-likeness (QED) is 0.488. The Morgan fingerprint density at radius 1 is 1.00 bits per heavy atom. The number of piperidine rings is 1. The number of H-pyrrole nitrogens is 1. The zero-order chi connectivity index (χ0) is 27.1. The molecule has 8 heteroatoms. The summed E-state index contributed by atoms with van der Waals surface area (Å²) in [6.07, 6.45) is 5.46. The molecule has 8 nitrogen and oxygen atoms in total. The summed E-state index contributed by atoms with van der Waals surface area (Å²) in [6.45, 7) is 11.5. The van der Waals surface area contributed by atoms with Gasteiger partial charge in [0.1, 0.15) is 0 Å². The number of aromatic amines is 1. The molecule has 0 bridgehead atoms. The Balaban J connectivity index is 1.11. The van der Waals surface area contributed by atoms with Gasteiger partial charge in [-0.2, -0.15) is 5.10 Å². The number of aromatic nitrogens is 2. The number of hydrogen-bond acceptors (Lipinski definition) is 4. The zero-order valence-corrected chi connectivity index (χ0v) is 23.4. The van der Waals surface area contributed by atoms with Crippen LogP contribution in [-0.4, -0.2) is 69.1 Å². The highest BCUT2D eigenvalue weighted by Gasteiger charge is 2.34. The molecule has 1 fully saturated rings. The van der Waals surface area contributed by atoms with Gasteiger partial charge in [0.2, 0.25) is 5.91 Å². The van der Waals surface area contributed by atoms with E-state index in [1.165, 1.54) is 16.7 Å². The molecule has 3 aliphatic heterocycles. The molecule has 1 aromatic heterocycles. The highest BCUT2D eigenvalue weighted by Crippen LogP contribution is 2.32. The van der Waals surface area contributed by atoms with Gasteiger partial charge < -0.3 is 20.0 Å². The van der Waals surface area contributed by atoms with E-state index in [2.05, 4.69) is 64.3 Å². The largest absolute Gasteiger partial charge is 0.338 e. The van der Waals surface area contributed by atoms with Crippen LogP contribution >= 0.6 is 0 Å². The Morgan fingerprint density at radius 2 is 1.79 bits per heavy atom. The minimum atomic E-state index is -0.0277. The Bertz CT molecular complexity index is 1370. The van der Waals surface area contributed by atoms with Crippen LogP contribution in [0.1, 0.15) is 56.7 Å². The maximum Gasteiger partial charge on any atom is 0.322 e. The van der Waals surface area contributed by atoms with Gasteiger partial charge in [0.05, 0.1) is 11.7 Å². The normalized spacial score (nSPS) is 21.1. The number of likely N-dealkylation sites (tertiary alicyclic amines) is 1. The minimum Gasteiger partial charge on any atom is -0.338 e. The number of amides is 3. The van der Waals surface area contributed by atoms with Crippen molar-refractivity contribution in [1.82, 2.24) is 24.9 Å². The standard InChI is InChI=1S/C31H40N6O2/c1-31(2,3)20-36-19-26-21(8-9-28-25(26)17-32-34-28)16-22(29(36)38)10-13-35-14-11-24(12-15-35)37-18-23-6-4-5-7-27(23)33-30(37)39/h4-9,17,22,24H,10-16,18-20H2,1-3H3,(H,32,34)(H,33,39). The number of carbonyl (C=O) groups excluding carboxylic acids is 2. The second-order valence-electron chi connectivity index (χ2n) is 12.8. The van der Waals surface area contributed by atoms with E-state index in [0.29, 0.717) is 13.1 Å².